The van der Waals surface area contributed by atoms with Gasteiger partial charge in [0, 0.05) is 12.8 Å². The molecule has 0 spiro atoms. The molecule has 0 aromatic rings. The fourth-order valence-corrected chi connectivity index (χ4v) is 6.15. The largest absolute Gasteiger partial charge is 0.463 e. The van der Waals surface area contributed by atoms with E-state index in [4.69, 9.17) is 9.47 Å². The molecular formula is C41H80O5. The summed E-state index contributed by atoms with van der Waals surface area (Å²) in [7, 11) is 0. The SMILES string of the molecule is CCCCCCCCCCCCCCCCCCCCCC(=O)OC[C@H](O)COC(=O)CCCCCCCCCCCCC(C)C. The Kier molecular flexibility index (Phi) is 35.9. The van der Waals surface area contributed by atoms with Gasteiger partial charge in [-0.3, -0.25) is 9.59 Å². The van der Waals surface area contributed by atoms with Gasteiger partial charge in [-0.15, -0.1) is 0 Å². The van der Waals surface area contributed by atoms with Crippen LogP contribution in [0.5, 0.6) is 0 Å². The van der Waals surface area contributed by atoms with Gasteiger partial charge in [0.1, 0.15) is 19.3 Å². The second-order valence-corrected chi connectivity index (χ2v) is 14.6. The second kappa shape index (κ2) is 36.7. The molecule has 0 unspecified atom stereocenters. The molecule has 0 aromatic heterocycles. The van der Waals surface area contributed by atoms with Gasteiger partial charge in [-0.25, -0.2) is 0 Å². The van der Waals surface area contributed by atoms with Gasteiger partial charge in [0.15, 0.2) is 0 Å². The van der Waals surface area contributed by atoms with E-state index in [0.29, 0.717) is 12.8 Å². The van der Waals surface area contributed by atoms with Crippen LogP contribution in [0.15, 0.2) is 0 Å². The molecule has 0 saturated carbocycles. The van der Waals surface area contributed by atoms with Crippen LogP contribution in [0.1, 0.15) is 226 Å². The van der Waals surface area contributed by atoms with Gasteiger partial charge in [0.2, 0.25) is 0 Å². The van der Waals surface area contributed by atoms with E-state index in [-0.39, 0.29) is 25.2 Å². The van der Waals surface area contributed by atoms with Crippen LogP contribution in [-0.2, 0) is 19.1 Å². The lowest BCUT2D eigenvalue weighted by Gasteiger charge is -2.12. The van der Waals surface area contributed by atoms with Crippen molar-refractivity contribution in [1.29, 1.82) is 0 Å². The minimum atomic E-state index is -0.955. The lowest BCUT2D eigenvalue weighted by Crippen LogP contribution is -2.25. The molecule has 0 saturated heterocycles. The monoisotopic (exact) mass is 653 g/mol. The molecular weight excluding hydrogens is 572 g/mol. The summed E-state index contributed by atoms with van der Waals surface area (Å²) in [5.41, 5.74) is 0. The Balaban J connectivity index is 3.36. The zero-order valence-electron chi connectivity index (χ0n) is 31.3. The number of aliphatic hydroxyl groups is 1. The Morgan fingerprint density at radius 3 is 0.978 bits per heavy atom. The normalized spacial score (nSPS) is 12.1. The Morgan fingerprint density at radius 2 is 0.696 bits per heavy atom. The number of carbonyl (C=O) groups is 2. The first-order valence-corrected chi connectivity index (χ1v) is 20.4. The zero-order valence-corrected chi connectivity index (χ0v) is 31.3. The topological polar surface area (TPSA) is 72.8 Å². The molecule has 274 valence electrons. The van der Waals surface area contributed by atoms with Crippen LogP contribution in [-0.4, -0.2) is 36.4 Å². The number of unbranched alkanes of at least 4 members (excludes halogenated alkanes) is 27. The van der Waals surface area contributed by atoms with Gasteiger partial charge >= 0.3 is 11.9 Å². The summed E-state index contributed by atoms with van der Waals surface area (Å²) in [4.78, 5) is 23.9. The molecule has 0 fully saturated rings. The van der Waals surface area contributed by atoms with Crippen molar-refractivity contribution >= 4 is 11.9 Å². The summed E-state index contributed by atoms with van der Waals surface area (Å²) in [6, 6.07) is 0. The van der Waals surface area contributed by atoms with Crippen molar-refractivity contribution in [2.24, 2.45) is 5.92 Å². The molecule has 5 heteroatoms. The van der Waals surface area contributed by atoms with Crippen LogP contribution >= 0.6 is 0 Å². The number of ether oxygens (including phenoxy) is 2. The Bertz CT molecular complexity index is 634. The first kappa shape index (κ1) is 44.9. The van der Waals surface area contributed by atoms with Crippen molar-refractivity contribution in [3.63, 3.8) is 0 Å². The second-order valence-electron chi connectivity index (χ2n) is 14.6. The highest BCUT2D eigenvalue weighted by Crippen LogP contribution is 2.16. The van der Waals surface area contributed by atoms with Crippen molar-refractivity contribution in [2.45, 2.75) is 232 Å². The van der Waals surface area contributed by atoms with E-state index in [1.165, 1.54) is 167 Å². The third kappa shape index (κ3) is 37.4. The van der Waals surface area contributed by atoms with Gasteiger partial charge in [0.25, 0.3) is 0 Å². The molecule has 0 aliphatic heterocycles. The molecule has 1 N–H and O–H groups in total. The Morgan fingerprint density at radius 1 is 0.435 bits per heavy atom. The van der Waals surface area contributed by atoms with Crippen LogP contribution in [0.25, 0.3) is 0 Å². The standard InChI is InChI=1S/C41H80O5/c1-4-5-6-7-8-9-10-11-12-13-14-15-16-17-18-22-25-28-31-34-40(43)45-36-39(42)37-46-41(44)35-32-29-26-23-20-19-21-24-27-30-33-38(2)3/h38-39,42H,4-37H2,1-3H3/t39-/m0/s1. The molecule has 0 aliphatic carbocycles. The van der Waals surface area contributed by atoms with Gasteiger partial charge in [-0.05, 0) is 18.8 Å². The maximum absolute atomic E-state index is 12.0. The lowest BCUT2D eigenvalue weighted by molar-refractivity contribution is -0.152. The summed E-state index contributed by atoms with van der Waals surface area (Å²) in [5, 5.41) is 10.0. The minimum absolute atomic E-state index is 0.108. The molecule has 5 nitrogen and oxygen atoms in total. The molecule has 0 bridgehead atoms. The Labute approximate surface area is 287 Å². The highest BCUT2D eigenvalue weighted by Gasteiger charge is 2.12. The molecule has 0 amide bonds. The van der Waals surface area contributed by atoms with Crippen molar-refractivity contribution in [2.75, 3.05) is 13.2 Å². The van der Waals surface area contributed by atoms with E-state index in [2.05, 4.69) is 20.8 Å². The summed E-state index contributed by atoms with van der Waals surface area (Å²) < 4.78 is 10.3. The van der Waals surface area contributed by atoms with Crippen molar-refractivity contribution in [1.82, 2.24) is 0 Å². The van der Waals surface area contributed by atoms with Crippen molar-refractivity contribution in [3.8, 4) is 0 Å². The van der Waals surface area contributed by atoms with Gasteiger partial charge in [0.05, 0.1) is 0 Å². The van der Waals surface area contributed by atoms with Gasteiger partial charge < -0.3 is 14.6 Å². The van der Waals surface area contributed by atoms with E-state index in [9.17, 15) is 14.7 Å². The predicted molar refractivity (Wildman–Crippen MR) is 196 cm³/mol. The fourth-order valence-electron chi connectivity index (χ4n) is 6.15. The molecule has 46 heavy (non-hydrogen) atoms. The summed E-state index contributed by atoms with van der Waals surface area (Å²) >= 11 is 0. The number of hydrogen-bond acceptors (Lipinski definition) is 5. The molecule has 0 aromatic carbocycles. The number of rotatable bonds is 37. The molecule has 0 rings (SSSR count). The van der Waals surface area contributed by atoms with Crippen LogP contribution in [0, 0.1) is 5.92 Å². The molecule has 0 aliphatic rings. The number of esters is 2. The Hall–Kier alpha value is -1.10. The van der Waals surface area contributed by atoms with Crippen LogP contribution in [0.4, 0.5) is 0 Å². The quantitative estimate of drug-likeness (QED) is 0.0534. The number of hydrogen-bond donors (Lipinski definition) is 1. The average molecular weight is 653 g/mol. The number of aliphatic hydroxyl groups excluding tert-OH is 1. The lowest BCUT2D eigenvalue weighted by atomic mass is 10.0. The molecule has 1 atom stereocenters. The highest BCUT2D eigenvalue weighted by atomic mass is 16.6. The summed E-state index contributed by atoms with van der Waals surface area (Å²) in [5.74, 6) is 0.277. The molecule has 0 heterocycles. The van der Waals surface area contributed by atoms with Crippen LogP contribution < -0.4 is 0 Å². The summed E-state index contributed by atoms with van der Waals surface area (Å²) in [6.45, 7) is 6.66. The fraction of sp³-hybridized carbons (Fsp3) is 0.951. The maximum Gasteiger partial charge on any atom is 0.305 e. The predicted octanol–water partition coefficient (Wildman–Crippen LogP) is 12.6. The van der Waals surface area contributed by atoms with Gasteiger partial charge in [-0.2, -0.15) is 0 Å². The van der Waals surface area contributed by atoms with Crippen molar-refractivity contribution in [3.05, 3.63) is 0 Å². The van der Waals surface area contributed by atoms with E-state index in [1.807, 2.05) is 0 Å². The average Bonchev–Trinajstić information content (AvgIpc) is 3.04. The third-order valence-corrected chi connectivity index (χ3v) is 9.27. The first-order valence-electron chi connectivity index (χ1n) is 20.4. The minimum Gasteiger partial charge on any atom is -0.463 e. The third-order valence-electron chi connectivity index (χ3n) is 9.27. The number of carbonyl (C=O) groups excluding carboxylic acids is 2. The van der Waals surface area contributed by atoms with Crippen LogP contribution in [0.3, 0.4) is 0 Å². The van der Waals surface area contributed by atoms with Gasteiger partial charge in [-0.1, -0.05) is 201 Å². The van der Waals surface area contributed by atoms with Crippen molar-refractivity contribution < 1.29 is 24.2 Å². The van der Waals surface area contributed by atoms with E-state index in [0.717, 1.165) is 31.6 Å². The smallest absolute Gasteiger partial charge is 0.305 e. The van der Waals surface area contributed by atoms with Crippen LogP contribution in [0.2, 0.25) is 0 Å². The molecule has 0 radical (unpaired) electrons. The first-order chi connectivity index (χ1) is 22.5. The van der Waals surface area contributed by atoms with E-state index < -0.39 is 6.10 Å². The zero-order chi connectivity index (χ0) is 33.8. The van der Waals surface area contributed by atoms with E-state index >= 15 is 0 Å². The maximum atomic E-state index is 12.0. The summed E-state index contributed by atoms with van der Waals surface area (Å²) in [6.07, 6.45) is 38.8. The van der Waals surface area contributed by atoms with E-state index in [1.54, 1.807) is 0 Å². The highest BCUT2D eigenvalue weighted by molar-refractivity contribution is 5.69.